The van der Waals surface area contributed by atoms with Crippen LogP contribution in [0.15, 0.2) is 42.5 Å². The Morgan fingerprint density at radius 3 is 2.56 bits per heavy atom. The van der Waals surface area contributed by atoms with Crippen molar-refractivity contribution in [2.45, 2.75) is 31.5 Å². The van der Waals surface area contributed by atoms with E-state index in [1.54, 1.807) is 7.11 Å². The summed E-state index contributed by atoms with van der Waals surface area (Å²) in [6.07, 6.45) is 5.63. The third kappa shape index (κ3) is 2.34. The summed E-state index contributed by atoms with van der Waals surface area (Å²) in [5.74, 6) is 0. The van der Waals surface area contributed by atoms with Crippen LogP contribution in [0.4, 0.5) is 0 Å². The Morgan fingerprint density at radius 1 is 1.19 bits per heavy atom. The van der Waals surface area contributed by atoms with Gasteiger partial charge < -0.3 is 10.1 Å². The maximum atomic E-state index is 5.43. The highest BCUT2D eigenvalue weighted by atomic mass is 16.5. The number of nitrogens with one attached hydrogen (secondary N) is 1. The molecule has 0 aliphatic carbocycles. The SMILES string of the molecule is CC[C@@H]1N[C@H](c2ccccc2)C=C[C@H]1OC. The van der Waals surface area contributed by atoms with Gasteiger partial charge in [0.15, 0.2) is 0 Å². The summed E-state index contributed by atoms with van der Waals surface area (Å²) in [7, 11) is 1.77. The van der Waals surface area contributed by atoms with Crippen molar-refractivity contribution in [3.63, 3.8) is 0 Å². The molecule has 1 aromatic rings. The van der Waals surface area contributed by atoms with Crippen LogP contribution in [0.5, 0.6) is 0 Å². The fraction of sp³-hybridized carbons (Fsp3) is 0.429. The topological polar surface area (TPSA) is 21.3 Å². The minimum atomic E-state index is 0.199. The summed E-state index contributed by atoms with van der Waals surface area (Å²) in [6, 6.07) is 11.2. The minimum absolute atomic E-state index is 0.199. The van der Waals surface area contributed by atoms with Crippen LogP contribution in [0.3, 0.4) is 0 Å². The lowest BCUT2D eigenvalue weighted by Crippen LogP contribution is -2.44. The summed E-state index contributed by atoms with van der Waals surface area (Å²) >= 11 is 0. The van der Waals surface area contributed by atoms with Crippen molar-refractivity contribution in [1.29, 1.82) is 0 Å². The zero-order valence-electron chi connectivity index (χ0n) is 9.89. The smallest absolute Gasteiger partial charge is 0.0905 e. The standard InChI is InChI=1S/C14H19NO/c1-3-12-14(16-2)10-9-13(15-12)11-7-5-4-6-8-11/h4-10,12-15H,3H2,1-2H3/t12-,13-,14+/m0/s1. The number of benzene rings is 1. The van der Waals surface area contributed by atoms with E-state index in [0.29, 0.717) is 12.1 Å². The molecular weight excluding hydrogens is 198 g/mol. The summed E-state index contributed by atoms with van der Waals surface area (Å²) in [4.78, 5) is 0. The Hall–Kier alpha value is -1.12. The molecule has 16 heavy (non-hydrogen) atoms. The third-order valence-corrected chi connectivity index (χ3v) is 3.15. The van der Waals surface area contributed by atoms with Crippen molar-refractivity contribution in [3.8, 4) is 0 Å². The zero-order valence-corrected chi connectivity index (χ0v) is 9.89. The van der Waals surface area contributed by atoms with Gasteiger partial charge in [-0.1, -0.05) is 49.4 Å². The highest BCUT2D eigenvalue weighted by Crippen LogP contribution is 2.22. The molecule has 0 saturated carbocycles. The van der Waals surface area contributed by atoms with Gasteiger partial charge in [0.05, 0.1) is 12.1 Å². The van der Waals surface area contributed by atoms with Crippen LogP contribution in [0.2, 0.25) is 0 Å². The van der Waals surface area contributed by atoms with Gasteiger partial charge in [0.2, 0.25) is 0 Å². The molecule has 3 atom stereocenters. The van der Waals surface area contributed by atoms with Gasteiger partial charge in [-0.2, -0.15) is 0 Å². The zero-order chi connectivity index (χ0) is 11.4. The van der Waals surface area contributed by atoms with E-state index in [1.807, 2.05) is 6.07 Å². The Bertz CT molecular complexity index is 347. The van der Waals surface area contributed by atoms with Crippen LogP contribution in [-0.4, -0.2) is 19.3 Å². The van der Waals surface area contributed by atoms with Gasteiger partial charge in [-0.3, -0.25) is 0 Å². The van der Waals surface area contributed by atoms with Crippen LogP contribution in [0, 0.1) is 0 Å². The molecule has 0 bridgehead atoms. The number of methoxy groups -OCH3 is 1. The first-order valence-corrected chi connectivity index (χ1v) is 5.87. The van der Waals surface area contributed by atoms with E-state index in [0.717, 1.165) is 6.42 Å². The summed E-state index contributed by atoms with van der Waals surface area (Å²) in [6.45, 7) is 2.19. The average molecular weight is 217 g/mol. The van der Waals surface area contributed by atoms with Crippen molar-refractivity contribution in [2.75, 3.05) is 7.11 Å². The second-order valence-electron chi connectivity index (χ2n) is 4.15. The highest BCUT2D eigenvalue weighted by molar-refractivity contribution is 5.25. The van der Waals surface area contributed by atoms with Crippen LogP contribution in [0.1, 0.15) is 24.9 Å². The van der Waals surface area contributed by atoms with Crippen molar-refractivity contribution >= 4 is 0 Å². The normalized spacial score (nSPS) is 29.2. The van der Waals surface area contributed by atoms with Crippen LogP contribution in [0.25, 0.3) is 0 Å². The lowest BCUT2D eigenvalue weighted by Gasteiger charge is -2.32. The Kier molecular flexibility index (Phi) is 3.75. The average Bonchev–Trinajstić information content (AvgIpc) is 2.39. The van der Waals surface area contributed by atoms with Gasteiger partial charge in [-0.25, -0.2) is 0 Å². The van der Waals surface area contributed by atoms with E-state index in [9.17, 15) is 0 Å². The molecule has 86 valence electrons. The fourth-order valence-corrected chi connectivity index (χ4v) is 2.20. The van der Waals surface area contributed by atoms with Crippen LogP contribution in [-0.2, 0) is 4.74 Å². The highest BCUT2D eigenvalue weighted by Gasteiger charge is 2.24. The molecule has 1 aliphatic heterocycles. The van der Waals surface area contributed by atoms with Crippen LogP contribution >= 0.6 is 0 Å². The molecule has 0 aromatic heterocycles. The molecule has 0 radical (unpaired) electrons. The first-order chi connectivity index (χ1) is 7.85. The molecule has 1 heterocycles. The molecule has 0 unspecified atom stereocenters. The fourth-order valence-electron chi connectivity index (χ4n) is 2.20. The summed E-state index contributed by atoms with van der Waals surface area (Å²) < 4.78 is 5.43. The monoisotopic (exact) mass is 217 g/mol. The molecule has 2 heteroatoms. The summed E-state index contributed by atoms with van der Waals surface area (Å²) in [5, 5.41) is 3.61. The van der Waals surface area contributed by atoms with Crippen molar-refractivity contribution in [1.82, 2.24) is 5.32 Å². The van der Waals surface area contributed by atoms with Gasteiger partial charge in [0.25, 0.3) is 0 Å². The molecule has 1 N–H and O–H groups in total. The van der Waals surface area contributed by atoms with Gasteiger partial charge in [-0.15, -0.1) is 0 Å². The number of ether oxygens (including phenoxy) is 1. The molecule has 0 saturated heterocycles. The van der Waals surface area contributed by atoms with Crippen LogP contribution < -0.4 is 5.32 Å². The maximum absolute atomic E-state index is 5.43. The van der Waals surface area contributed by atoms with E-state index in [2.05, 4.69) is 48.7 Å². The number of hydrogen-bond donors (Lipinski definition) is 1. The second kappa shape index (κ2) is 5.28. The van der Waals surface area contributed by atoms with Crippen molar-refractivity contribution in [2.24, 2.45) is 0 Å². The Labute approximate surface area is 97.3 Å². The molecule has 1 aliphatic rings. The van der Waals surface area contributed by atoms with E-state index in [1.165, 1.54) is 5.56 Å². The van der Waals surface area contributed by atoms with Crippen molar-refractivity contribution in [3.05, 3.63) is 48.0 Å². The van der Waals surface area contributed by atoms with Gasteiger partial charge >= 0.3 is 0 Å². The molecule has 0 amide bonds. The van der Waals surface area contributed by atoms with E-state index < -0.39 is 0 Å². The van der Waals surface area contributed by atoms with E-state index in [4.69, 9.17) is 4.74 Å². The first kappa shape index (κ1) is 11.4. The largest absolute Gasteiger partial charge is 0.376 e. The third-order valence-electron chi connectivity index (χ3n) is 3.15. The Balaban J connectivity index is 2.15. The Morgan fingerprint density at radius 2 is 1.94 bits per heavy atom. The quantitative estimate of drug-likeness (QED) is 0.786. The maximum Gasteiger partial charge on any atom is 0.0905 e. The number of hydrogen-bond acceptors (Lipinski definition) is 2. The second-order valence-corrected chi connectivity index (χ2v) is 4.15. The summed E-state index contributed by atoms with van der Waals surface area (Å²) in [5.41, 5.74) is 1.31. The van der Waals surface area contributed by atoms with Crippen molar-refractivity contribution < 1.29 is 4.74 Å². The predicted octanol–water partition coefficient (Wildman–Crippen LogP) is 2.68. The minimum Gasteiger partial charge on any atom is -0.376 e. The molecule has 0 fully saturated rings. The number of rotatable bonds is 3. The lowest BCUT2D eigenvalue weighted by molar-refractivity contribution is 0.0945. The van der Waals surface area contributed by atoms with Gasteiger partial charge in [0.1, 0.15) is 0 Å². The van der Waals surface area contributed by atoms with Gasteiger partial charge in [0, 0.05) is 13.2 Å². The first-order valence-electron chi connectivity index (χ1n) is 5.87. The molecule has 2 rings (SSSR count). The van der Waals surface area contributed by atoms with E-state index >= 15 is 0 Å². The predicted molar refractivity (Wildman–Crippen MR) is 66.3 cm³/mol. The van der Waals surface area contributed by atoms with E-state index in [-0.39, 0.29) is 6.10 Å². The van der Waals surface area contributed by atoms with Gasteiger partial charge in [-0.05, 0) is 12.0 Å². The molecular formula is C14H19NO. The molecule has 1 aromatic carbocycles. The molecule has 2 nitrogen and oxygen atoms in total. The lowest BCUT2D eigenvalue weighted by atomic mass is 9.96. The molecule has 0 spiro atoms.